The van der Waals surface area contributed by atoms with Crippen LogP contribution in [0, 0.1) is 3.57 Å². The molecule has 0 radical (unpaired) electrons. The van der Waals surface area contributed by atoms with E-state index in [1.807, 2.05) is 44.2 Å². The van der Waals surface area contributed by atoms with Gasteiger partial charge >= 0.3 is 0 Å². The normalized spacial score (nSPS) is 15.7. The lowest BCUT2D eigenvalue weighted by molar-refractivity contribution is 0.102. The summed E-state index contributed by atoms with van der Waals surface area (Å²) in [5.74, 6) is 1.34. The molecule has 5 heteroatoms. The van der Waals surface area contributed by atoms with Gasteiger partial charge in [0, 0.05) is 27.2 Å². The average Bonchev–Trinajstić information content (AvgIpc) is 2.87. The predicted molar refractivity (Wildman–Crippen MR) is 98.5 cm³/mol. The van der Waals surface area contributed by atoms with Crippen molar-refractivity contribution in [3.63, 3.8) is 0 Å². The van der Waals surface area contributed by atoms with Gasteiger partial charge in [0.25, 0.3) is 5.91 Å². The van der Waals surface area contributed by atoms with Gasteiger partial charge in [-0.25, -0.2) is 0 Å². The molecule has 0 fully saturated rings. The fourth-order valence-electron chi connectivity index (χ4n) is 2.64. The Morgan fingerprint density at radius 3 is 2.96 bits per heavy atom. The van der Waals surface area contributed by atoms with Crippen molar-refractivity contribution in [3.05, 3.63) is 51.1 Å². The van der Waals surface area contributed by atoms with Crippen LogP contribution in [-0.2, 0) is 6.42 Å². The number of halogens is 1. The Balaban J connectivity index is 1.89. The van der Waals surface area contributed by atoms with Crippen molar-refractivity contribution in [3.8, 4) is 11.5 Å². The zero-order chi connectivity index (χ0) is 16.4. The lowest BCUT2D eigenvalue weighted by Crippen LogP contribution is -2.13. The third kappa shape index (κ3) is 3.60. The van der Waals surface area contributed by atoms with Crippen molar-refractivity contribution in [1.82, 2.24) is 0 Å². The molecule has 120 valence electrons. The van der Waals surface area contributed by atoms with E-state index >= 15 is 0 Å². The summed E-state index contributed by atoms with van der Waals surface area (Å²) in [5.41, 5.74) is 2.38. The zero-order valence-electron chi connectivity index (χ0n) is 13.1. The third-order valence-electron chi connectivity index (χ3n) is 3.63. The smallest absolute Gasteiger partial charge is 0.255 e. The highest BCUT2D eigenvalue weighted by Crippen LogP contribution is 2.38. The van der Waals surface area contributed by atoms with Gasteiger partial charge in [-0.05, 0) is 60.7 Å². The molecule has 0 spiro atoms. The van der Waals surface area contributed by atoms with Crippen LogP contribution >= 0.6 is 22.6 Å². The van der Waals surface area contributed by atoms with Gasteiger partial charge in [0.15, 0.2) is 0 Å². The van der Waals surface area contributed by atoms with Crippen LogP contribution in [0.3, 0.4) is 0 Å². The second-order valence-electron chi connectivity index (χ2n) is 5.49. The summed E-state index contributed by atoms with van der Waals surface area (Å²) in [6.45, 7) is 4.50. The number of nitrogens with one attached hydrogen (secondary N) is 1. The average molecular weight is 423 g/mol. The second-order valence-corrected chi connectivity index (χ2v) is 6.73. The molecule has 1 aliphatic rings. The Morgan fingerprint density at radius 1 is 1.39 bits per heavy atom. The van der Waals surface area contributed by atoms with Gasteiger partial charge in [-0.3, -0.25) is 4.79 Å². The van der Waals surface area contributed by atoms with Crippen LogP contribution in [-0.4, -0.2) is 18.6 Å². The SMILES string of the molecule is CCOc1cc2c(cc1NC(=O)c1cccc(I)c1)O[C@H](C)C2. The van der Waals surface area contributed by atoms with Crippen LogP contribution < -0.4 is 14.8 Å². The lowest BCUT2D eigenvalue weighted by atomic mass is 10.1. The van der Waals surface area contributed by atoms with E-state index < -0.39 is 0 Å². The summed E-state index contributed by atoms with van der Waals surface area (Å²) >= 11 is 2.19. The molecule has 1 amide bonds. The minimum absolute atomic E-state index is 0.154. The quantitative estimate of drug-likeness (QED) is 0.748. The number of ether oxygens (including phenoxy) is 2. The van der Waals surface area contributed by atoms with Crippen molar-refractivity contribution in [2.75, 3.05) is 11.9 Å². The van der Waals surface area contributed by atoms with Gasteiger partial charge < -0.3 is 14.8 Å². The van der Waals surface area contributed by atoms with Crippen molar-refractivity contribution in [2.24, 2.45) is 0 Å². The molecular weight excluding hydrogens is 405 g/mol. The minimum atomic E-state index is -0.157. The third-order valence-corrected chi connectivity index (χ3v) is 4.30. The molecule has 0 saturated carbocycles. The monoisotopic (exact) mass is 423 g/mol. The minimum Gasteiger partial charge on any atom is -0.492 e. The standard InChI is InChI=1S/C18H18INO3/c1-3-22-17-9-13-7-11(2)23-16(13)10-15(17)20-18(21)12-5-4-6-14(19)8-12/h4-6,8-11H,3,7H2,1-2H3,(H,20,21)/t11-/m1/s1. The zero-order valence-corrected chi connectivity index (χ0v) is 15.2. The molecule has 1 atom stereocenters. The largest absolute Gasteiger partial charge is 0.492 e. The molecule has 4 nitrogen and oxygen atoms in total. The van der Waals surface area contributed by atoms with Gasteiger partial charge in [0.1, 0.15) is 17.6 Å². The number of hydrogen-bond donors (Lipinski definition) is 1. The van der Waals surface area contributed by atoms with E-state index in [2.05, 4.69) is 27.9 Å². The molecule has 0 bridgehead atoms. The van der Waals surface area contributed by atoms with E-state index in [0.717, 1.165) is 21.3 Å². The van der Waals surface area contributed by atoms with Crippen LogP contribution in [0.2, 0.25) is 0 Å². The van der Waals surface area contributed by atoms with Crippen LogP contribution in [0.25, 0.3) is 0 Å². The van der Waals surface area contributed by atoms with Gasteiger partial charge in [0.2, 0.25) is 0 Å². The van der Waals surface area contributed by atoms with Crippen LogP contribution in [0.4, 0.5) is 5.69 Å². The second kappa shape index (κ2) is 6.78. The summed E-state index contributed by atoms with van der Waals surface area (Å²) in [6.07, 6.45) is 1.02. The maximum Gasteiger partial charge on any atom is 0.255 e. The fourth-order valence-corrected chi connectivity index (χ4v) is 3.18. The molecule has 1 N–H and O–H groups in total. The molecule has 2 aromatic rings. The number of benzene rings is 2. The van der Waals surface area contributed by atoms with E-state index in [1.54, 1.807) is 6.07 Å². The maximum absolute atomic E-state index is 12.5. The molecule has 2 aromatic carbocycles. The fraction of sp³-hybridized carbons (Fsp3) is 0.278. The van der Waals surface area contributed by atoms with Crippen molar-refractivity contribution in [1.29, 1.82) is 0 Å². The first kappa shape index (κ1) is 16.1. The molecule has 3 rings (SSSR count). The van der Waals surface area contributed by atoms with Gasteiger partial charge in [0.05, 0.1) is 12.3 Å². The molecule has 0 unspecified atom stereocenters. The summed E-state index contributed by atoms with van der Waals surface area (Å²) < 4.78 is 12.5. The molecule has 1 aliphatic heterocycles. The number of hydrogen-bond acceptors (Lipinski definition) is 3. The Kier molecular flexibility index (Phi) is 4.75. The summed E-state index contributed by atoms with van der Waals surface area (Å²) in [6, 6.07) is 11.3. The first-order valence-electron chi connectivity index (χ1n) is 7.60. The van der Waals surface area contributed by atoms with E-state index in [0.29, 0.717) is 23.6 Å². The first-order valence-corrected chi connectivity index (χ1v) is 8.68. The topological polar surface area (TPSA) is 47.6 Å². The van der Waals surface area contributed by atoms with Gasteiger partial charge in [-0.15, -0.1) is 0 Å². The van der Waals surface area contributed by atoms with Crippen LogP contribution in [0.1, 0.15) is 29.8 Å². The van der Waals surface area contributed by atoms with Crippen LogP contribution in [0.15, 0.2) is 36.4 Å². The lowest BCUT2D eigenvalue weighted by Gasteiger charge is -2.13. The van der Waals surface area contributed by atoms with Gasteiger partial charge in [-0.1, -0.05) is 6.07 Å². The Labute approximate surface area is 149 Å². The van der Waals surface area contributed by atoms with Crippen LogP contribution in [0.5, 0.6) is 11.5 Å². The molecular formula is C18H18INO3. The van der Waals surface area contributed by atoms with Crippen molar-refractivity contribution >= 4 is 34.2 Å². The molecule has 1 heterocycles. The van der Waals surface area contributed by atoms with Crippen molar-refractivity contribution < 1.29 is 14.3 Å². The molecule has 0 aromatic heterocycles. The van der Waals surface area contributed by atoms with E-state index in [-0.39, 0.29) is 12.0 Å². The summed E-state index contributed by atoms with van der Waals surface area (Å²) in [7, 11) is 0. The number of anilines is 1. The predicted octanol–water partition coefficient (Wildman–Crippen LogP) is 4.27. The highest BCUT2D eigenvalue weighted by molar-refractivity contribution is 14.1. The Hall–Kier alpha value is -1.76. The maximum atomic E-state index is 12.5. The number of carbonyl (C=O) groups excluding carboxylic acids is 1. The van der Waals surface area contributed by atoms with E-state index in [9.17, 15) is 4.79 Å². The Morgan fingerprint density at radius 2 is 2.22 bits per heavy atom. The van der Waals surface area contributed by atoms with E-state index in [1.165, 1.54) is 0 Å². The summed E-state index contributed by atoms with van der Waals surface area (Å²) in [4.78, 5) is 12.5. The molecule has 0 saturated heterocycles. The highest BCUT2D eigenvalue weighted by Gasteiger charge is 2.22. The summed E-state index contributed by atoms with van der Waals surface area (Å²) in [5, 5.41) is 2.94. The first-order chi connectivity index (χ1) is 11.1. The number of carbonyl (C=O) groups is 1. The molecule has 0 aliphatic carbocycles. The number of fused-ring (bicyclic) bond motifs is 1. The van der Waals surface area contributed by atoms with Gasteiger partial charge in [-0.2, -0.15) is 0 Å². The number of rotatable bonds is 4. The number of amides is 1. The Bertz CT molecular complexity index is 745. The molecule has 23 heavy (non-hydrogen) atoms. The van der Waals surface area contributed by atoms with E-state index in [4.69, 9.17) is 9.47 Å². The highest BCUT2D eigenvalue weighted by atomic mass is 127. The van der Waals surface area contributed by atoms with Crippen molar-refractivity contribution in [2.45, 2.75) is 26.4 Å².